The smallest absolute Gasteiger partial charge is 0.300 e. The summed E-state index contributed by atoms with van der Waals surface area (Å²) in [6.07, 6.45) is 0.804. The molecule has 2 aliphatic heterocycles. The van der Waals surface area contributed by atoms with Crippen LogP contribution in [0.1, 0.15) is 13.3 Å². The number of fused-ring (bicyclic) bond motifs is 1. The van der Waals surface area contributed by atoms with E-state index in [1.165, 1.54) is 4.31 Å². The summed E-state index contributed by atoms with van der Waals surface area (Å²) >= 11 is 6.53. The fraction of sp³-hybridized carbons (Fsp3) is 0.636. The van der Waals surface area contributed by atoms with Crippen molar-refractivity contribution in [3.8, 4) is 0 Å². The largest absolute Gasteiger partial charge is 0.315 e. The molecule has 1 aromatic heterocycles. The Morgan fingerprint density at radius 3 is 2.86 bits per heavy atom. The zero-order chi connectivity index (χ0) is 15.4. The molecule has 0 amide bonds. The molecule has 21 heavy (non-hydrogen) atoms. The van der Waals surface area contributed by atoms with Gasteiger partial charge in [-0.1, -0.05) is 11.6 Å². The van der Waals surface area contributed by atoms with Crippen LogP contribution in [0.15, 0.2) is 10.3 Å². The third-order valence-corrected chi connectivity index (χ3v) is 7.91. The van der Waals surface area contributed by atoms with Crippen molar-refractivity contribution in [1.82, 2.24) is 9.62 Å². The van der Waals surface area contributed by atoms with Crippen LogP contribution in [0.25, 0.3) is 0 Å². The summed E-state index contributed by atoms with van der Waals surface area (Å²) < 4.78 is 26.9. The van der Waals surface area contributed by atoms with E-state index >= 15 is 0 Å². The van der Waals surface area contributed by atoms with Crippen molar-refractivity contribution < 1.29 is 13.3 Å². The Kier molecular flexibility index (Phi) is 3.73. The van der Waals surface area contributed by atoms with Crippen molar-refractivity contribution in [2.45, 2.75) is 29.6 Å². The average Bonchev–Trinajstić information content (AvgIpc) is 3.02. The average molecular weight is 352 g/mol. The molecule has 2 fully saturated rings. The van der Waals surface area contributed by atoms with Gasteiger partial charge in [-0.25, -0.2) is 8.42 Å². The third kappa shape index (κ3) is 2.36. The summed E-state index contributed by atoms with van der Waals surface area (Å²) in [4.78, 5) is 10.2. The van der Waals surface area contributed by atoms with Gasteiger partial charge in [-0.15, -0.1) is 11.3 Å². The molecular formula is C11H14ClN3O4S2. The molecule has 3 unspecified atom stereocenters. The zero-order valence-electron chi connectivity index (χ0n) is 11.2. The molecule has 1 aromatic rings. The molecule has 3 atom stereocenters. The van der Waals surface area contributed by atoms with Gasteiger partial charge in [0, 0.05) is 24.7 Å². The van der Waals surface area contributed by atoms with Gasteiger partial charge in [0.15, 0.2) is 4.34 Å². The van der Waals surface area contributed by atoms with Crippen molar-refractivity contribution in [1.29, 1.82) is 0 Å². The summed E-state index contributed by atoms with van der Waals surface area (Å²) in [5, 5.41) is 14.0. The predicted octanol–water partition coefficient (Wildman–Crippen LogP) is 1.68. The normalized spacial score (nSPS) is 29.7. The van der Waals surface area contributed by atoms with Crippen LogP contribution in [0.4, 0.5) is 5.69 Å². The Bertz CT molecular complexity index is 690. The molecule has 3 heterocycles. The highest BCUT2D eigenvalue weighted by atomic mass is 35.5. The number of hydrogen-bond donors (Lipinski definition) is 1. The molecule has 0 aromatic carbocycles. The van der Waals surface area contributed by atoms with Crippen LogP contribution in [0.2, 0.25) is 4.34 Å². The lowest BCUT2D eigenvalue weighted by Gasteiger charge is -2.25. The fourth-order valence-corrected chi connectivity index (χ4v) is 6.89. The van der Waals surface area contributed by atoms with Gasteiger partial charge in [0.1, 0.15) is 4.21 Å². The van der Waals surface area contributed by atoms with Gasteiger partial charge >= 0.3 is 0 Å². The Morgan fingerprint density at radius 1 is 1.52 bits per heavy atom. The van der Waals surface area contributed by atoms with Crippen molar-refractivity contribution in [2.75, 3.05) is 13.1 Å². The topological polar surface area (TPSA) is 92.6 Å². The second-order valence-corrected chi connectivity index (χ2v) is 9.11. The van der Waals surface area contributed by atoms with Gasteiger partial charge in [0.25, 0.3) is 15.7 Å². The monoisotopic (exact) mass is 351 g/mol. The number of hydrogen-bond acceptors (Lipinski definition) is 6. The molecule has 3 rings (SSSR count). The van der Waals surface area contributed by atoms with E-state index in [2.05, 4.69) is 5.32 Å². The molecule has 116 valence electrons. The highest BCUT2D eigenvalue weighted by molar-refractivity contribution is 7.91. The molecular weight excluding hydrogens is 338 g/mol. The molecule has 2 aliphatic rings. The molecule has 10 heteroatoms. The Balaban J connectivity index is 2.00. The van der Waals surface area contributed by atoms with Crippen molar-refractivity contribution in [2.24, 2.45) is 5.92 Å². The van der Waals surface area contributed by atoms with E-state index in [9.17, 15) is 18.5 Å². The van der Waals surface area contributed by atoms with Crippen LogP contribution in [0, 0.1) is 16.0 Å². The van der Waals surface area contributed by atoms with Crippen LogP contribution in [0.5, 0.6) is 0 Å². The number of nitrogens with one attached hydrogen (secondary N) is 1. The van der Waals surface area contributed by atoms with Crippen molar-refractivity contribution in [3.63, 3.8) is 0 Å². The fourth-order valence-electron chi connectivity index (χ4n) is 3.24. The van der Waals surface area contributed by atoms with Crippen LogP contribution < -0.4 is 5.32 Å². The van der Waals surface area contributed by atoms with E-state index in [4.69, 9.17) is 11.6 Å². The zero-order valence-corrected chi connectivity index (χ0v) is 13.5. The highest BCUT2D eigenvalue weighted by Crippen LogP contribution is 2.42. The molecule has 7 nitrogen and oxygen atoms in total. The maximum absolute atomic E-state index is 12.8. The Hall–Kier alpha value is -0.740. The van der Waals surface area contributed by atoms with Crippen LogP contribution in [0.3, 0.4) is 0 Å². The summed E-state index contributed by atoms with van der Waals surface area (Å²) in [5.74, 6) is 0.306. The van der Waals surface area contributed by atoms with Gasteiger partial charge < -0.3 is 5.32 Å². The maximum atomic E-state index is 12.8. The summed E-state index contributed by atoms with van der Waals surface area (Å²) in [5.41, 5.74) is -0.354. The second-order valence-electron chi connectivity index (χ2n) is 5.39. The Labute approximate surface area is 131 Å². The summed E-state index contributed by atoms with van der Waals surface area (Å²) in [7, 11) is -3.75. The lowest BCUT2D eigenvalue weighted by molar-refractivity contribution is -0.384. The number of nitro groups is 1. The number of thiophene rings is 1. The van der Waals surface area contributed by atoms with E-state index in [0.717, 1.165) is 30.4 Å². The first kappa shape index (κ1) is 15.2. The van der Waals surface area contributed by atoms with E-state index in [0.29, 0.717) is 12.5 Å². The van der Waals surface area contributed by atoms with E-state index in [1.54, 1.807) is 0 Å². The molecule has 0 bridgehead atoms. The minimum atomic E-state index is -3.75. The molecule has 0 saturated carbocycles. The molecule has 0 aliphatic carbocycles. The summed E-state index contributed by atoms with van der Waals surface area (Å²) in [6, 6.07) is 0.877. The highest BCUT2D eigenvalue weighted by Gasteiger charge is 2.48. The number of halogens is 1. The summed E-state index contributed by atoms with van der Waals surface area (Å²) in [6.45, 7) is 3.31. The SMILES string of the molecule is CC1CC2CNCC2N1S(=O)(=O)c1cc([N+](=O)[O-])c(Cl)s1. The quantitative estimate of drug-likeness (QED) is 0.660. The molecule has 0 radical (unpaired) electrons. The molecule has 1 N–H and O–H groups in total. The number of rotatable bonds is 3. The lowest BCUT2D eigenvalue weighted by Crippen LogP contribution is -2.42. The van der Waals surface area contributed by atoms with E-state index in [1.807, 2.05) is 6.92 Å². The minimum Gasteiger partial charge on any atom is -0.315 e. The maximum Gasteiger partial charge on any atom is 0.300 e. The first-order valence-electron chi connectivity index (χ1n) is 6.50. The number of nitrogens with zero attached hydrogens (tertiary/aromatic N) is 2. The van der Waals surface area contributed by atoms with Gasteiger partial charge in [-0.05, 0) is 25.8 Å². The Morgan fingerprint density at radius 2 is 2.24 bits per heavy atom. The minimum absolute atomic E-state index is 0.0569. The van der Waals surface area contributed by atoms with Crippen LogP contribution in [-0.2, 0) is 10.0 Å². The predicted molar refractivity (Wildman–Crippen MR) is 79.2 cm³/mol. The van der Waals surface area contributed by atoms with Crippen LogP contribution in [-0.4, -0.2) is 42.8 Å². The van der Waals surface area contributed by atoms with Gasteiger partial charge in [0.2, 0.25) is 0 Å². The van der Waals surface area contributed by atoms with E-state index in [-0.39, 0.29) is 26.3 Å². The number of sulfonamides is 1. The van der Waals surface area contributed by atoms with Crippen molar-refractivity contribution >= 4 is 38.6 Å². The standard InChI is InChI=1S/C11H14ClN3O4S2/c1-6-2-7-4-13-5-9(7)14(6)21(18,19)10-3-8(15(16)17)11(12)20-10/h3,6-7,9,13H,2,4-5H2,1H3. The molecule has 0 spiro atoms. The van der Waals surface area contributed by atoms with E-state index < -0.39 is 14.9 Å². The second kappa shape index (κ2) is 5.17. The molecule has 2 saturated heterocycles. The van der Waals surface area contributed by atoms with Crippen molar-refractivity contribution in [3.05, 3.63) is 20.5 Å². The van der Waals surface area contributed by atoms with Crippen LogP contribution >= 0.6 is 22.9 Å². The van der Waals surface area contributed by atoms with Gasteiger partial charge in [0.05, 0.1) is 4.92 Å². The lowest BCUT2D eigenvalue weighted by atomic mass is 10.0. The van der Waals surface area contributed by atoms with Gasteiger partial charge in [-0.2, -0.15) is 4.31 Å². The first-order valence-corrected chi connectivity index (χ1v) is 9.14. The first-order chi connectivity index (χ1) is 9.82. The van der Waals surface area contributed by atoms with Gasteiger partial charge in [-0.3, -0.25) is 10.1 Å². The third-order valence-electron chi connectivity index (χ3n) is 4.08.